The molecule has 0 radical (unpaired) electrons. The Bertz CT molecular complexity index is 1090. The Morgan fingerprint density at radius 1 is 1.17 bits per heavy atom. The summed E-state index contributed by atoms with van der Waals surface area (Å²) in [5, 5.41) is 9.97. The summed E-state index contributed by atoms with van der Waals surface area (Å²) in [4.78, 5) is 33.1. The highest BCUT2D eigenvalue weighted by Gasteiger charge is 2.54. The van der Waals surface area contributed by atoms with Gasteiger partial charge < -0.3 is 15.5 Å². The van der Waals surface area contributed by atoms with E-state index >= 15 is 0 Å². The lowest BCUT2D eigenvalue weighted by molar-refractivity contribution is -0.121. The largest absolute Gasteiger partial charge is 0.354 e. The fourth-order valence-electron chi connectivity index (χ4n) is 5.76. The topological polar surface area (TPSA) is 92.1 Å². The Labute approximate surface area is 205 Å². The highest BCUT2D eigenvalue weighted by molar-refractivity contribution is 6.00. The van der Waals surface area contributed by atoms with Gasteiger partial charge in [0.05, 0.1) is 11.9 Å². The molecule has 35 heavy (non-hydrogen) atoms. The summed E-state index contributed by atoms with van der Waals surface area (Å²) in [5.74, 6) is -0.340. The Kier molecular flexibility index (Phi) is 6.51. The average Bonchev–Trinajstić information content (AvgIpc) is 3.40. The molecule has 1 unspecified atom stereocenters. The van der Waals surface area contributed by atoms with Crippen LogP contribution in [0.15, 0.2) is 24.5 Å². The van der Waals surface area contributed by atoms with E-state index in [4.69, 9.17) is 0 Å². The number of carbonyl (C=O) groups is 2. The maximum Gasteiger partial charge on any atom is 0.270 e. The van der Waals surface area contributed by atoms with E-state index in [9.17, 15) is 14.0 Å². The van der Waals surface area contributed by atoms with Crippen molar-refractivity contribution in [2.24, 2.45) is 24.3 Å². The Morgan fingerprint density at radius 2 is 1.91 bits per heavy atom. The molecule has 3 aliphatic rings. The van der Waals surface area contributed by atoms with Crippen LogP contribution in [0.2, 0.25) is 0 Å². The zero-order chi connectivity index (χ0) is 24.6. The molecule has 9 heteroatoms. The first-order chi connectivity index (χ1) is 16.9. The van der Waals surface area contributed by atoms with Crippen LogP contribution in [0.5, 0.6) is 0 Å². The van der Waals surface area contributed by atoms with Crippen molar-refractivity contribution in [3.05, 3.63) is 36.0 Å². The van der Waals surface area contributed by atoms with Gasteiger partial charge in [0.15, 0.2) is 11.6 Å². The maximum absolute atomic E-state index is 14.9. The molecular formula is C26H35FN6O2. The number of amides is 2. The van der Waals surface area contributed by atoms with Gasteiger partial charge >= 0.3 is 0 Å². The zero-order valence-electron chi connectivity index (χ0n) is 20.6. The number of carbonyl (C=O) groups excluding carboxylic acids is 2. The lowest BCUT2D eigenvalue weighted by Crippen LogP contribution is -2.54. The number of aromatic nitrogens is 3. The van der Waals surface area contributed by atoms with Crippen molar-refractivity contribution in [1.29, 1.82) is 0 Å². The van der Waals surface area contributed by atoms with Crippen LogP contribution in [0.4, 0.5) is 15.9 Å². The predicted octanol–water partition coefficient (Wildman–Crippen LogP) is 3.90. The fraction of sp³-hybridized carbons (Fsp3) is 0.615. The molecule has 3 fully saturated rings. The van der Waals surface area contributed by atoms with Gasteiger partial charge in [-0.05, 0) is 55.4 Å². The summed E-state index contributed by atoms with van der Waals surface area (Å²) in [6.45, 7) is 3.79. The maximum atomic E-state index is 14.9. The van der Waals surface area contributed by atoms with Crippen LogP contribution in [0, 0.1) is 23.1 Å². The van der Waals surface area contributed by atoms with Crippen molar-refractivity contribution in [2.75, 3.05) is 23.3 Å². The molecule has 8 nitrogen and oxygen atoms in total. The predicted molar refractivity (Wildman–Crippen MR) is 132 cm³/mol. The molecule has 3 heterocycles. The van der Waals surface area contributed by atoms with Crippen molar-refractivity contribution in [3.8, 4) is 0 Å². The normalized spacial score (nSPS) is 21.1. The van der Waals surface area contributed by atoms with Gasteiger partial charge in [-0.25, -0.2) is 9.37 Å². The second-order valence-electron chi connectivity index (χ2n) is 10.7. The van der Waals surface area contributed by atoms with Crippen LogP contribution < -0.4 is 15.5 Å². The molecule has 2 aromatic heterocycles. The van der Waals surface area contributed by atoms with E-state index in [1.807, 2.05) is 4.90 Å². The molecule has 0 spiro atoms. The van der Waals surface area contributed by atoms with Gasteiger partial charge in [-0.3, -0.25) is 14.3 Å². The third-order valence-corrected chi connectivity index (χ3v) is 8.23. The van der Waals surface area contributed by atoms with Crippen molar-refractivity contribution >= 4 is 23.3 Å². The highest BCUT2D eigenvalue weighted by Crippen LogP contribution is 2.58. The quantitative estimate of drug-likeness (QED) is 0.596. The summed E-state index contributed by atoms with van der Waals surface area (Å²) in [6.07, 6.45) is 11.6. The van der Waals surface area contributed by atoms with Crippen LogP contribution in [0.1, 0.15) is 68.8 Å². The lowest BCUT2D eigenvalue weighted by Gasteiger charge is -2.42. The van der Waals surface area contributed by atoms with Gasteiger partial charge in [-0.1, -0.05) is 26.2 Å². The number of pyridine rings is 1. The number of hydrogen-bond donors (Lipinski definition) is 2. The van der Waals surface area contributed by atoms with Gasteiger partial charge in [0.2, 0.25) is 5.91 Å². The zero-order valence-corrected chi connectivity index (χ0v) is 20.6. The molecule has 1 saturated heterocycles. The van der Waals surface area contributed by atoms with Crippen LogP contribution >= 0.6 is 0 Å². The summed E-state index contributed by atoms with van der Waals surface area (Å²) in [6, 6.07) is 2.26. The standard InChI is InChI=1S/C26H35FN6O2/c1-26(10-11-26)21(17-7-6-8-17)22(31-24(34)20-9-12-29-32(20)2)25(35)30-18-15-19(27)23(28-16-18)33-13-4-3-5-14-33/h9,12,15-17,21-22H,3-8,10-11,13-14H2,1-2H3,(H,30,35)(H,31,34)/t21?,22-/m0/s1. The van der Waals surface area contributed by atoms with Crippen molar-refractivity contribution in [2.45, 2.75) is 64.3 Å². The Morgan fingerprint density at radius 3 is 2.49 bits per heavy atom. The van der Waals surface area contributed by atoms with E-state index in [1.54, 1.807) is 19.3 Å². The Balaban J connectivity index is 1.38. The molecule has 1 aliphatic heterocycles. The number of halogens is 1. The fourth-order valence-corrected chi connectivity index (χ4v) is 5.76. The molecule has 2 saturated carbocycles. The first kappa shape index (κ1) is 23.8. The highest BCUT2D eigenvalue weighted by atomic mass is 19.1. The molecule has 0 aromatic carbocycles. The smallest absolute Gasteiger partial charge is 0.270 e. The second kappa shape index (κ2) is 9.59. The first-order valence-corrected chi connectivity index (χ1v) is 12.9. The van der Waals surface area contributed by atoms with Crippen LogP contribution in [-0.2, 0) is 11.8 Å². The molecular weight excluding hydrogens is 447 g/mol. The number of aryl methyl sites for hydroxylation is 1. The van der Waals surface area contributed by atoms with Gasteiger partial charge in [-0.2, -0.15) is 5.10 Å². The third kappa shape index (κ3) is 4.90. The number of hydrogen-bond acceptors (Lipinski definition) is 5. The van der Waals surface area contributed by atoms with Crippen LogP contribution in [0.25, 0.3) is 0 Å². The average molecular weight is 483 g/mol. The van der Waals surface area contributed by atoms with Crippen molar-refractivity contribution < 1.29 is 14.0 Å². The van der Waals surface area contributed by atoms with Gasteiger partial charge in [0, 0.05) is 32.4 Å². The molecule has 5 rings (SSSR count). The SMILES string of the molecule is Cn1nccc1C(=O)N[C@H](C(=O)Nc1cnc(N2CCCCC2)c(F)c1)C(C1CCC1)C1(C)CC1. The van der Waals surface area contributed by atoms with Gasteiger partial charge in [0.1, 0.15) is 11.7 Å². The minimum Gasteiger partial charge on any atom is -0.354 e. The van der Waals surface area contributed by atoms with Crippen LogP contribution in [-0.4, -0.2) is 45.7 Å². The van der Waals surface area contributed by atoms with E-state index in [0.29, 0.717) is 23.1 Å². The van der Waals surface area contributed by atoms with Crippen molar-refractivity contribution in [1.82, 2.24) is 20.1 Å². The summed E-state index contributed by atoms with van der Waals surface area (Å²) < 4.78 is 16.4. The summed E-state index contributed by atoms with van der Waals surface area (Å²) >= 11 is 0. The summed E-state index contributed by atoms with van der Waals surface area (Å²) in [7, 11) is 1.70. The minimum atomic E-state index is -0.722. The monoisotopic (exact) mass is 482 g/mol. The first-order valence-electron chi connectivity index (χ1n) is 12.9. The van der Waals surface area contributed by atoms with E-state index in [1.165, 1.54) is 16.9 Å². The molecule has 2 N–H and O–H groups in total. The molecule has 2 atom stereocenters. The summed E-state index contributed by atoms with van der Waals surface area (Å²) in [5.41, 5.74) is 0.727. The number of anilines is 2. The van der Waals surface area contributed by atoms with E-state index < -0.39 is 11.9 Å². The number of piperidine rings is 1. The second-order valence-corrected chi connectivity index (χ2v) is 10.7. The van der Waals surface area contributed by atoms with E-state index in [0.717, 1.165) is 64.5 Å². The van der Waals surface area contributed by atoms with Gasteiger partial charge in [-0.15, -0.1) is 0 Å². The molecule has 0 bridgehead atoms. The molecule has 2 aliphatic carbocycles. The van der Waals surface area contributed by atoms with E-state index in [2.05, 4.69) is 27.6 Å². The molecule has 2 aromatic rings. The third-order valence-electron chi connectivity index (χ3n) is 8.23. The van der Waals surface area contributed by atoms with E-state index in [-0.39, 0.29) is 23.1 Å². The molecule has 188 valence electrons. The molecule has 2 amide bonds. The number of nitrogens with one attached hydrogen (secondary N) is 2. The van der Waals surface area contributed by atoms with Gasteiger partial charge in [0.25, 0.3) is 5.91 Å². The number of nitrogens with zero attached hydrogens (tertiary/aromatic N) is 4. The van der Waals surface area contributed by atoms with Crippen molar-refractivity contribution in [3.63, 3.8) is 0 Å². The number of rotatable bonds is 8. The Hall–Kier alpha value is -2.97. The minimum absolute atomic E-state index is 0.0223. The van der Waals surface area contributed by atoms with Crippen LogP contribution in [0.3, 0.4) is 0 Å². The lowest BCUT2D eigenvalue weighted by atomic mass is 9.66.